The molecular formula is C18H15N3O3S. The topological polar surface area (TPSA) is 84.1 Å². The highest BCUT2D eigenvalue weighted by Gasteiger charge is 2.31. The Hall–Kier alpha value is -2.80. The lowest BCUT2D eigenvalue weighted by molar-refractivity contribution is -0.118. The molecule has 6 nitrogen and oxygen atoms in total. The molecule has 25 heavy (non-hydrogen) atoms. The molecule has 1 fully saturated rings. The van der Waals surface area contributed by atoms with Crippen LogP contribution in [-0.4, -0.2) is 26.4 Å². The summed E-state index contributed by atoms with van der Waals surface area (Å²) in [6.45, 7) is 0.404. The van der Waals surface area contributed by atoms with Crippen molar-refractivity contribution < 1.29 is 14.3 Å². The average Bonchev–Trinajstić information content (AvgIpc) is 3.15. The summed E-state index contributed by atoms with van der Waals surface area (Å²) in [5, 5.41) is 2.69. The number of hydrogen-bond donors (Lipinski definition) is 2. The molecule has 4 rings (SSSR count). The van der Waals surface area contributed by atoms with Crippen LogP contribution >= 0.6 is 11.8 Å². The average molecular weight is 353 g/mol. The van der Waals surface area contributed by atoms with E-state index in [9.17, 15) is 9.59 Å². The number of rotatable bonds is 5. The van der Waals surface area contributed by atoms with Gasteiger partial charge < -0.3 is 9.72 Å². The third kappa shape index (κ3) is 3.51. The van der Waals surface area contributed by atoms with Gasteiger partial charge in [0.15, 0.2) is 0 Å². The zero-order valence-electron chi connectivity index (χ0n) is 13.2. The number of carbonyl (C=O) groups is 2. The van der Waals surface area contributed by atoms with Crippen LogP contribution in [0.1, 0.15) is 11.4 Å². The van der Waals surface area contributed by atoms with Gasteiger partial charge in [0.25, 0.3) is 5.24 Å². The van der Waals surface area contributed by atoms with Crippen molar-refractivity contribution in [1.29, 1.82) is 0 Å². The van der Waals surface area contributed by atoms with Gasteiger partial charge >= 0.3 is 0 Å². The number of benzene rings is 1. The van der Waals surface area contributed by atoms with E-state index in [1.807, 2.05) is 42.5 Å². The van der Waals surface area contributed by atoms with Crippen molar-refractivity contribution in [3.05, 3.63) is 60.0 Å². The molecule has 0 aliphatic carbocycles. The van der Waals surface area contributed by atoms with Crippen molar-refractivity contribution in [3.63, 3.8) is 0 Å². The smallest absolute Gasteiger partial charge is 0.286 e. The van der Waals surface area contributed by atoms with E-state index in [1.165, 1.54) is 0 Å². The number of pyridine rings is 1. The summed E-state index contributed by atoms with van der Waals surface area (Å²) in [5.74, 6) is 0.516. The van der Waals surface area contributed by atoms with Gasteiger partial charge in [0.1, 0.15) is 12.4 Å². The minimum absolute atomic E-state index is 0.229. The van der Waals surface area contributed by atoms with Crippen LogP contribution in [0.5, 0.6) is 5.75 Å². The maximum absolute atomic E-state index is 11.7. The second kappa shape index (κ2) is 6.60. The van der Waals surface area contributed by atoms with Gasteiger partial charge in [0, 0.05) is 29.9 Å². The molecule has 0 bridgehead atoms. The van der Waals surface area contributed by atoms with Gasteiger partial charge in [0.05, 0.1) is 10.9 Å². The van der Waals surface area contributed by atoms with Crippen molar-refractivity contribution >= 4 is 33.8 Å². The van der Waals surface area contributed by atoms with Crippen LogP contribution in [0.15, 0.2) is 48.7 Å². The summed E-state index contributed by atoms with van der Waals surface area (Å²) in [5.41, 5.74) is 2.71. The Morgan fingerprint density at radius 1 is 1.16 bits per heavy atom. The number of fused-ring (bicyclic) bond motifs is 1. The number of carbonyl (C=O) groups excluding carboxylic acids is 2. The van der Waals surface area contributed by atoms with E-state index in [2.05, 4.69) is 15.3 Å². The Kier molecular flexibility index (Phi) is 4.15. The van der Waals surface area contributed by atoms with E-state index < -0.39 is 0 Å². The molecule has 1 saturated heterocycles. The first-order chi connectivity index (χ1) is 12.2. The second-order valence-corrected chi connectivity index (χ2v) is 6.92. The van der Waals surface area contributed by atoms with Crippen molar-refractivity contribution in [1.82, 2.24) is 15.3 Å². The van der Waals surface area contributed by atoms with Crippen LogP contribution < -0.4 is 10.1 Å². The number of aromatic amines is 1. The van der Waals surface area contributed by atoms with Gasteiger partial charge in [0.2, 0.25) is 5.91 Å². The predicted molar refractivity (Wildman–Crippen MR) is 95.5 cm³/mol. The Labute approximate surface area is 148 Å². The molecular weight excluding hydrogens is 338 g/mol. The number of nitrogens with one attached hydrogen (secondary N) is 2. The molecule has 0 spiro atoms. The highest BCUT2D eigenvalue weighted by molar-refractivity contribution is 8.15. The molecule has 1 aliphatic rings. The molecule has 0 saturated carbocycles. The van der Waals surface area contributed by atoms with Crippen LogP contribution in [0.25, 0.3) is 10.9 Å². The van der Waals surface area contributed by atoms with Gasteiger partial charge in [-0.3, -0.25) is 19.9 Å². The molecule has 1 aliphatic heterocycles. The van der Waals surface area contributed by atoms with E-state index in [0.717, 1.165) is 39.8 Å². The molecule has 2 N–H and O–H groups in total. The van der Waals surface area contributed by atoms with E-state index in [0.29, 0.717) is 13.0 Å². The van der Waals surface area contributed by atoms with Gasteiger partial charge in [-0.15, -0.1) is 0 Å². The first-order valence-electron chi connectivity index (χ1n) is 7.83. The number of imide groups is 1. The number of aromatic nitrogens is 2. The third-order valence-corrected chi connectivity index (χ3v) is 4.92. The highest BCUT2D eigenvalue weighted by Crippen LogP contribution is 2.26. The van der Waals surface area contributed by atoms with Crippen molar-refractivity contribution in [2.75, 3.05) is 0 Å². The standard InChI is InChI=1S/C18H15N3O3S/c22-17-16(25-18(23)21-17)8-13-7-11-4-5-14(9-15(11)20-13)24-10-12-3-1-2-6-19-12/h1-7,9,16,20H,8,10H2,(H,21,22,23). The molecule has 1 aromatic carbocycles. The largest absolute Gasteiger partial charge is 0.487 e. The van der Waals surface area contributed by atoms with Gasteiger partial charge in [-0.1, -0.05) is 17.8 Å². The summed E-state index contributed by atoms with van der Waals surface area (Å²) in [7, 11) is 0. The molecule has 1 atom stereocenters. The lowest BCUT2D eigenvalue weighted by atomic mass is 10.2. The molecule has 0 radical (unpaired) electrons. The zero-order valence-corrected chi connectivity index (χ0v) is 14.0. The molecule has 2 aromatic heterocycles. The van der Waals surface area contributed by atoms with Crippen molar-refractivity contribution in [3.8, 4) is 5.75 Å². The molecule has 1 unspecified atom stereocenters. The predicted octanol–water partition coefficient (Wildman–Crippen LogP) is 3.04. The summed E-state index contributed by atoms with van der Waals surface area (Å²) in [6, 6.07) is 13.5. The van der Waals surface area contributed by atoms with Gasteiger partial charge in [-0.05, 0) is 35.7 Å². The zero-order chi connectivity index (χ0) is 17.2. The number of ether oxygens (including phenoxy) is 1. The highest BCUT2D eigenvalue weighted by atomic mass is 32.2. The monoisotopic (exact) mass is 353 g/mol. The van der Waals surface area contributed by atoms with Gasteiger partial charge in [-0.25, -0.2) is 0 Å². The molecule has 3 aromatic rings. The summed E-state index contributed by atoms with van der Waals surface area (Å²) >= 11 is 1.04. The van der Waals surface area contributed by atoms with E-state index in [1.54, 1.807) is 6.20 Å². The number of amides is 2. The van der Waals surface area contributed by atoms with Crippen LogP contribution in [0.2, 0.25) is 0 Å². The number of H-pyrrole nitrogens is 1. The first-order valence-corrected chi connectivity index (χ1v) is 8.71. The maximum Gasteiger partial charge on any atom is 0.286 e. The van der Waals surface area contributed by atoms with Gasteiger partial charge in [-0.2, -0.15) is 0 Å². The normalized spacial score (nSPS) is 17.0. The van der Waals surface area contributed by atoms with E-state index in [-0.39, 0.29) is 16.4 Å². The molecule has 7 heteroatoms. The molecule has 126 valence electrons. The lowest BCUT2D eigenvalue weighted by Gasteiger charge is -2.05. The summed E-state index contributed by atoms with van der Waals surface area (Å²) in [4.78, 5) is 30.5. The fraction of sp³-hybridized carbons (Fsp3) is 0.167. The van der Waals surface area contributed by atoms with E-state index >= 15 is 0 Å². The minimum atomic E-state index is -0.375. The van der Waals surface area contributed by atoms with Crippen LogP contribution in [0, 0.1) is 0 Å². The first kappa shape index (κ1) is 15.7. The van der Waals surface area contributed by atoms with Crippen LogP contribution in [0.4, 0.5) is 4.79 Å². The number of nitrogens with zero attached hydrogens (tertiary/aromatic N) is 1. The summed E-state index contributed by atoms with van der Waals surface area (Å²) in [6.07, 6.45) is 2.22. The van der Waals surface area contributed by atoms with Crippen LogP contribution in [-0.2, 0) is 17.8 Å². The second-order valence-electron chi connectivity index (χ2n) is 5.74. The van der Waals surface area contributed by atoms with Crippen molar-refractivity contribution in [2.24, 2.45) is 0 Å². The maximum atomic E-state index is 11.7. The lowest BCUT2D eigenvalue weighted by Crippen LogP contribution is -2.25. The third-order valence-electron chi connectivity index (χ3n) is 3.93. The quantitative estimate of drug-likeness (QED) is 0.736. The Bertz CT molecular complexity index is 939. The van der Waals surface area contributed by atoms with E-state index in [4.69, 9.17) is 4.74 Å². The molecule has 3 heterocycles. The Morgan fingerprint density at radius 2 is 2.08 bits per heavy atom. The van der Waals surface area contributed by atoms with Crippen molar-refractivity contribution in [2.45, 2.75) is 18.3 Å². The number of thioether (sulfide) groups is 1. The molecule has 2 amide bonds. The minimum Gasteiger partial charge on any atom is -0.487 e. The SMILES string of the molecule is O=C1NC(=O)C(Cc2cc3ccc(OCc4ccccn4)cc3[nH]2)S1. The number of hydrogen-bond acceptors (Lipinski definition) is 5. The van der Waals surface area contributed by atoms with Crippen LogP contribution in [0.3, 0.4) is 0 Å². The Morgan fingerprint density at radius 3 is 2.84 bits per heavy atom. The fourth-order valence-corrected chi connectivity index (χ4v) is 3.58. The fourth-order valence-electron chi connectivity index (χ4n) is 2.73. The summed E-state index contributed by atoms with van der Waals surface area (Å²) < 4.78 is 5.78. The Balaban J connectivity index is 1.47.